The molecule has 6 nitrogen and oxygen atoms in total. The van der Waals surface area contributed by atoms with Crippen molar-refractivity contribution in [3.63, 3.8) is 0 Å². The summed E-state index contributed by atoms with van der Waals surface area (Å²) in [5, 5.41) is 6.48. The number of hydrogen-bond donors (Lipinski definition) is 1. The lowest BCUT2D eigenvalue weighted by atomic mass is 10.1. The molecule has 1 amide bonds. The van der Waals surface area contributed by atoms with E-state index in [9.17, 15) is 17.1 Å². The van der Waals surface area contributed by atoms with Crippen LogP contribution < -0.4 is 4.90 Å². The van der Waals surface area contributed by atoms with Crippen LogP contribution in [-0.2, 0) is 15.0 Å². The molecule has 1 fully saturated rings. The number of anilines is 1. The number of nitrogens with one attached hydrogen (secondary N) is 1. The third-order valence-corrected chi connectivity index (χ3v) is 3.73. The Balaban J connectivity index is 2.10. The molecule has 1 aromatic rings. The zero-order valence-corrected chi connectivity index (χ0v) is 11.0. The van der Waals surface area contributed by atoms with Gasteiger partial charge < -0.3 is 0 Å². The van der Waals surface area contributed by atoms with E-state index in [2.05, 4.69) is 26.1 Å². The summed E-state index contributed by atoms with van der Waals surface area (Å²) in [6.45, 7) is 0.166. The van der Waals surface area contributed by atoms with Crippen LogP contribution in [0.25, 0.3) is 0 Å². The van der Waals surface area contributed by atoms with Gasteiger partial charge in [0.15, 0.2) is 5.82 Å². The maximum atomic E-state index is 12.5. The van der Waals surface area contributed by atoms with Crippen LogP contribution in [0.5, 0.6) is 0 Å². The van der Waals surface area contributed by atoms with Gasteiger partial charge in [0.05, 0.1) is 5.75 Å². The summed E-state index contributed by atoms with van der Waals surface area (Å²) in [5.74, 6) is -0.993. The minimum atomic E-state index is -4.55. The normalized spacial score (nSPS) is 21.2. The number of hydrogen-bond acceptors (Lipinski definition) is 4. The number of aromatic amines is 1. The quantitative estimate of drug-likeness (QED) is 0.834. The first kappa shape index (κ1) is 12.5. The molecule has 1 unspecified atom stereocenters. The van der Waals surface area contributed by atoms with Gasteiger partial charge >= 0.3 is 10.2 Å². The van der Waals surface area contributed by atoms with Crippen molar-refractivity contribution in [3.8, 4) is 0 Å². The average Bonchev–Trinajstić information content (AvgIpc) is 2.70. The highest BCUT2D eigenvalue weighted by molar-refractivity contribution is 9.10. The molecule has 0 bridgehead atoms. The van der Waals surface area contributed by atoms with Crippen LogP contribution in [0.15, 0.2) is 10.7 Å². The fraction of sp³-hybridized carbons (Fsp3) is 0.500. The van der Waals surface area contributed by atoms with Crippen molar-refractivity contribution in [2.24, 2.45) is 5.92 Å². The smallest absolute Gasteiger partial charge is 0.295 e. The van der Waals surface area contributed by atoms with Crippen LogP contribution in [0, 0.1) is 5.92 Å². The molecule has 1 aromatic heterocycles. The van der Waals surface area contributed by atoms with Crippen molar-refractivity contribution in [2.75, 3.05) is 17.2 Å². The van der Waals surface area contributed by atoms with E-state index in [4.69, 9.17) is 0 Å². The molecule has 1 aliphatic rings. The van der Waals surface area contributed by atoms with Crippen molar-refractivity contribution in [1.82, 2.24) is 10.2 Å². The number of carbonyl (C=O) groups is 1. The summed E-state index contributed by atoms with van der Waals surface area (Å²) < 4.78 is 34.2. The van der Waals surface area contributed by atoms with Gasteiger partial charge in [0.2, 0.25) is 5.91 Å². The van der Waals surface area contributed by atoms with Gasteiger partial charge in [-0.3, -0.25) is 14.8 Å². The molecule has 1 atom stereocenters. The number of rotatable bonds is 3. The maximum Gasteiger partial charge on any atom is 0.302 e. The minimum absolute atomic E-state index is 0.0215. The monoisotopic (exact) mass is 325 g/mol. The Morgan fingerprint density at radius 2 is 2.35 bits per heavy atom. The first-order valence-electron chi connectivity index (χ1n) is 4.79. The van der Waals surface area contributed by atoms with E-state index in [1.807, 2.05) is 0 Å². The Morgan fingerprint density at radius 3 is 2.88 bits per heavy atom. The second-order valence-electron chi connectivity index (χ2n) is 3.85. The highest BCUT2D eigenvalue weighted by atomic mass is 79.9. The second kappa shape index (κ2) is 4.37. The van der Waals surface area contributed by atoms with Gasteiger partial charge in [-0.2, -0.15) is 13.5 Å². The Kier molecular flexibility index (Phi) is 3.21. The maximum absolute atomic E-state index is 12.5. The van der Waals surface area contributed by atoms with Crippen molar-refractivity contribution in [2.45, 2.75) is 6.42 Å². The van der Waals surface area contributed by atoms with E-state index < -0.39 is 21.9 Å². The summed E-state index contributed by atoms with van der Waals surface area (Å²) in [6, 6.07) is 1.60. The molecule has 9 heteroatoms. The summed E-state index contributed by atoms with van der Waals surface area (Å²) in [6.07, 6.45) is 0.0215. The average molecular weight is 326 g/mol. The number of H-pyrrole nitrogens is 1. The third-order valence-electron chi connectivity index (χ3n) is 2.45. The molecule has 1 N–H and O–H groups in total. The predicted octanol–water partition coefficient (Wildman–Crippen LogP) is 0.824. The van der Waals surface area contributed by atoms with Crippen LogP contribution in [-0.4, -0.2) is 36.8 Å². The topological polar surface area (TPSA) is 83.1 Å². The van der Waals surface area contributed by atoms with Crippen LogP contribution in [0.4, 0.5) is 9.70 Å². The van der Waals surface area contributed by atoms with Crippen LogP contribution >= 0.6 is 15.9 Å². The number of halogens is 2. The first-order valence-corrected chi connectivity index (χ1v) is 7.13. The molecule has 0 aromatic carbocycles. The molecular weight excluding hydrogens is 317 g/mol. The predicted molar refractivity (Wildman–Crippen MR) is 61.6 cm³/mol. The first-order chi connectivity index (χ1) is 7.85. The van der Waals surface area contributed by atoms with Gasteiger partial charge in [-0.15, -0.1) is 3.89 Å². The van der Waals surface area contributed by atoms with E-state index in [-0.39, 0.29) is 18.9 Å². The van der Waals surface area contributed by atoms with Gasteiger partial charge in [-0.05, 0) is 15.9 Å². The van der Waals surface area contributed by atoms with E-state index in [1.54, 1.807) is 6.07 Å². The Hall–Kier alpha value is -0.960. The molecule has 0 aliphatic carbocycles. The minimum Gasteiger partial charge on any atom is -0.295 e. The summed E-state index contributed by atoms with van der Waals surface area (Å²) in [7, 11) is -4.55. The van der Waals surface area contributed by atoms with Gasteiger partial charge in [0, 0.05) is 24.9 Å². The lowest BCUT2D eigenvalue weighted by Crippen LogP contribution is -2.25. The fourth-order valence-corrected chi connectivity index (χ4v) is 2.90. The van der Waals surface area contributed by atoms with E-state index in [0.717, 1.165) is 0 Å². The molecule has 1 aliphatic heterocycles. The molecule has 94 valence electrons. The number of nitrogens with zero attached hydrogens (tertiary/aromatic N) is 2. The highest BCUT2D eigenvalue weighted by Crippen LogP contribution is 2.26. The standard InChI is InChI=1S/C8H9BrFN3O3S/c9-6-2-7(12-11-6)13-3-5(1-8(13)14)4-17(10,15)16/h2,5H,1,3-4H2,(H,11,12). The lowest BCUT2D eigenvalue weighted by Gasteiger charge is -2.12. The van der Waals surface area contributed by atoms with E-state index in [1.165, 1.54) is 4.90 Å². The van der Waals surface area contributed by atoms with Crippen LogP contribution in [0.1, 0.15) is 6.42 Å². The molecule has 2 heterocycles. The molecule has 0 radical (unpaired) electrons. The van der Waals surface area contributed by atoms with Crippen molar-refractivity contribution in [1.29, 1.82) is 0 Å². The van der Waals surface area contributed by atoms with E-state index in [0.29, 0.717) is 10.4 Å². The van der Waals surface area contributed by atoms with Crippen molar-refractivity contribution in [3.05, 3.63) is 10.7 Å². The second-order valence-corrected chi connectivity index (χ2v) is 6.12. The van der Waals surface area contributed by atoms with Gasteiger partial charge in [0.1, 0.15) is 4.60 Å². The van der Waals surface area contributed by atoms with E-state index >= 15 is 0 Å². The molecule has 2 rings (SSSR count). The zero-order chi connectivity index (χ0) is 12.6. The molecule has 1 saturated heterocycles. The van der Waals surface area contributed by atoms with Gasteiger partial charge in [0.25, 0.3) is 0 Å². The van der Waals surface area contributed by atoms with Gasteiger partial charge in [-0.25, -0.2) is 0 Å². The van der Waals surface area contributed by atoms with Crippen molar-refractivity contribution >= 4 is 37.9 Å². The molecule has 0 saturated carbocycles. The molecule has 17 heavy (non-hydrogen) atoms. The third kappa shape index (κ3) is 3.03. The van der Waals surface area contributed by atoms with Crippen LogP contribution in [0.2, 0.25) is 0 Å². The van der Waals surface area contributed by atoms with Crippen LogP contribution in [0.3, 0.4) is 0 Å². The fourth-order valence-electron chi connectivity index (χ4n) is 1.82. The number of aromatic nitrogens is 2. The zero-order valence-electron chi connectivity index (χ0n) is 8.56. The van der Waals surface area contributed by atoms with Crippen molar-refractivity contribution < 1.29 is 17.1 Å². The highest BCUT2D eigenvalue weighted by Gasteiger charge is 2.34. The molecule has 0 spiro atoms. The Labute approximate surface area is 106 Å². The number of carbonyl (C=O) groups excluding carboxylic acids is 1. The number of amides is 1. The lowest BCUT2D eigenvalue weighted by molar-refractivity contribution is -0.117. The summed E-state index contributed by atoms with van der Waals surface area (Å²) >= 11 is 3.15. The Morgan fingerprint density at radius 1 is 1.65 bits per heavy atom. The van der Waals surface area contributed by atoms with Gasteiger partial charge in [-0.1, -0.05) is 0 Å². The summed E-state index contributed by atoms with van der Waals surface area (Å²) in [4.78, 5) is 13.0. The largest absolute Gasteiger partial charge is 0.302 e. The molecular formula is C8H9BrFN3O3S. The SMILES string of the molecule is O=C1CC(CS(=O)(=O)F)CN1c1cc(Br)[nH]n1. The Bertz CT molecular complexity index is 544. The summed E-state index contributed by atoms with van der Waals surface area (Å²) in [5.41, 5.74) is 0.